The Labute approximate surface area is 63.8 Å². The van der Waals surface area contributed by atoms with Gasteiger partial charge in [-0.2, -0.15) is 5.26 Å². The average Bonchev–Trinajstić information content (AvgIpc) is 1.98. The Morgan fingerprint density at radius 3 is 2.55 bits per heavy atom. The lowest BCUT2D eigenvalue weighted by molar-refractivity contribution is -0.155. The predicted molar refractivity (Wildman–Crippen MR) is 35.5 cm³/mol. The van der Waals surface area contributed by atoms with E-state index in [0.29, 0.717) is 0 Å². The van der Waals surface area contributed by atoms with Crippen LogP contribution in [0.4, 0.5) is 0 Å². The number of rotatable bonds is 2. The van der Waals surface area contributed by atoms with Crippen molar-refractivity contribution < 1.29 is 14.7 Å². The van der Waals surface area contributed by atoms with E-state index in [1.165, 1.54) is 7.05 Å². The standard InChI is InChI=1S/C6H8N2O3/c1-8(4-2-3-7)5(9)6(10)11/h2,4H2,1H3,(H,10,11). The number of likely N-dealkylation sites (N-methyl/N-ethyl adjacent to an activating group) is 1. The first kappa shape index (κ1) is 9.43. The largest absolute Gasteiger partial charge is 0.474 e. The van der Waals surface area contributed by atoms with Crippen LogP contribution in [0.25, 0.3) is 0 Å². The van der Waals surface area contributed by atoms with Crippen molar-refractivity contribution in [2.45, 2.75) is 6.42 Å². The molecule has 0 heterocycles. The molecule has 5 heteroatoms. The van der Waals surface area contributed by atoms with Gasteiger partial charge in [-0.05, 0) is 0 Å². The zero-order valence-electron chi connectivity index (χ0n) is 6.07. The zero-order chi connectivity index (χ0) is 8.85. The fraction of sp³-hybridized carbons (Fsp3) is 0.500. The van der Waals surface area contributed by atoms with Crippen molar-refractivity contribution in [2.75, 3.05) is 13.6 Å². The summed E-state index contributed by atoms with van der Waals surface area (Å²) >= 11 is 0. The predicted octanol–water partition coefficient (Wildman–Crippen LogP) is -0.557. The SMILES string of the molecule is CN(CCC#N)C(=O)C(=O)O. The summed E-state index contributed by atoms with van der Waals surface area (Å²) in [5, 5.41) is 16.3. The number of amides is 1. The van der Waals surface area contributed by atoms with Crippen LogP contribution >= 0.6 is 0 Å². The van der Waals surface area contributed by atoms with Crippen LogP contribution in [0.15, 0.2) is 0 Å². The highest BCUT2D eigenvalue weighted by Gasteiger charge is 2.15. The highest BCUT2D eigenvalue weighted by molar-refractivity contribution is 6.31. The first-order valence-corrected chi connectivity index (χ1v) is 2.95. The number of nitrogens with zero attached hydrogens (tertiary/aromatic N) is 2. The molecule has 0 unspecified atom stereocenters. The number of carbonyl (C=O) groups excluding carboxylic acids is 1. The second-order valence-electron chi connectivity index (χ2n) is 1.94. The van der Waals surface area contributed by atoms with Crippen LogP contribution in [0.5, 0.6) is 0 Å². The number of carbonyl (C=O) groups is 2. The molecule has 0 aliphatic rings. The van der Waals surface area contributed by atoms with Crippen molar-refractivity contribution in [1.82, 2.24) is 4.90 Å². The number of aliphatic carboxylic acids is 1. The van der Waals surface area contributed by atoms with Crippen LogP contribution < -0.4 is 0 Å². The van der Waals surface area contributed by atoms with Crippen LogP contribution in [0, 0.1) is 11.3 Å². The molecule has 1 amide bonds. The molecule has 0 aliphatic carbocycles. The van der Waals surface area contributed by atoms with Crippen LogP contribution in [-0.4, -0.2) is 35.5 Å². The highest BCUT2D eigenvalue weighted by atomic mass is 16.4. The first-order chi connectivity index (χ1) is 5.09. The van der Waals surface area contributed by atoms with Crippen molar-refractivity contribution >= 4 is 11.9 Å². The van der Waals surface area contributed by atoms with Crippen molar-refractivity contribution in [3.05, 3.63) is 0 Å². The van der Waals surface area contributed by atoms with Crippen LogP contribution in [-0.2, 0) is 9.59 Å². The summed E-state index contributed by atoms with van der Waals surface area (Å²) in [6.07, 6.45) is 0.148. The van der Waals surface area contributed by atoms with Crippen molar-refractivity contribution in [3.63, 3.8) is 0 Å². The highest BCUT2D eigenvalue weighted by Crippen LogP contribution is 1.87. The van der Waals surface area contributed by atoms with Gasteiger partial charge in [0.05, 0.1) is 12.5 Å². The van der Waals surface area contributed by atoms with E-state index in [4.69, 9.17) is 10.4 Å². The molecular weight excluding hydrogens is 148 g/mol. The molecule has 0 aromatic heterocycles. The summed E-state index contributed by atoms with van der Waals surface area (Å²) in [4.78, 5) is 21.6. The Kier molecular flexibility index (Phi) is 3.67. The van der Waals surface area contributed by atoms with Crippen molar-refractivity contribution in [3.8, 4) is 6.07 Å². The fourth-order valence-electron chi connectivity index (χ4n) is 0.483. The van der Waals surface area contributed by atoms with E-state index < -0.39 is 11.9 Å². The van der Waals surface area contributed by atoms with Gasteiger partial charge in [-0.1, -0.05) is 0 Å². The maximum absolute atomic E-state index is 10.6. The van der Waals surface area contributed by atoms with Crippen LogP contribution in [0.2, 0.25) is 0 Å². The Balaban J connectivity index is 3.85. The van der Waals surface area contributed by atoms with E-state index in [1.54, 1.807) is 6.07 Å². The average molecular weight is 156 g/mol. The summed E-state index contributed by atoms with van der Waals surface area (Å²) in [5.74, 6) is -2.48. The molecule has 0 spiro atoms. The Bertz CT molecular complexity index is 206. The van der Waals surface area contributed by atoms with Gasteiger partial charge >= 0.3 is 11.9 Å². The lowest BCUT2D eigenvalue weighted by Gasteiger charge is -2.10. The molecule has 0 aromatic carbocycles. The van der Waals surface area contributed by atoms with E-state index in [-0.39, 0.29) is 13.0 Å². The molecule has 0 aliphatic heterocycles. The number of nitriles is 1. The van der Waals surface area contributed by atoms with E-state index in [9.17, 15) is 9.59 Å². The quantitative estimate of drug-likeness (QED) is 0.543. The summed E-state index contributed by atoms with van der Waals surface area (Å²) < 4.78 is 0. The Hall–Kier alpha value is -1.57. The van der Waals surface area contributed by atoms with Gasteiger partial charge in [-0.3, -0.25) is 4.79 Å². The van der Waals surface area contributed by atoms with Gasteiger partial charge in [0.2, 0.25) is 0 Å². The maximum atomic E-state index is 10.6. The van der Waals surface area contributed by atoms with Crippen molar-refractivity contribution in [2.24, 2.45) is 0 Å². The molecular formula is C6H8N2O3. The Morgan fingerprint density at radius 2 is 2.18 bits per heavy atom. The number of hydrogen-bond acceptors (Lipinski definition) is 3. The molecule has 1 N–H and O–H groups in total. The minimum atomic E-state index is -1.49. The van der Waals surface area contributed by atoms with Gasteiger partial charge in [0.1, 0.15) is 0 Å². The summed E-state index contributed by atoms with van der Waals surface area (Å²) in [7, 11) is 1.34. The third kappa shape index (κ3) is 3.20. The number of hydrogen-bond donors (Lipinski definition) is 1. The van der Waals surface area contributed by atoms with Crippen LogP contribution in [0.1, 0.15) is 6.42 Å². The minimum absolute atomic E-state index is 0.148. The maximum Gasteiger partial charge on any atom is 0.394 e. The van der Waals surface area contributed by atoms with Gasteiger partial charge in [0.25, 0.3) is 0 Å². The topological polar surface area (TPSA) is 81.4 Å². The van der Waals surface area contributed by atoms with Crippen molar-refractivity contribution in [1.29, 1.82) is 5.26 Å². The number of carboxylic acids is 1. The molecule has 0 radical (unpaired) electrons. The summed E-state index contributed by atoms with van der Waals surface area (Å²) in [6, 6.07) is 1.81. The molecule has 5 nitrogen and oxygen atoms in total. The monoisotopic (exact) mass is 156 g/mol. The van der Waals surface area contributed by atoms with E-state index in [1.807, 2.05) is 0 Å². The smallest absolute Gasteiger partial charge is 0.394 e. The number of carboxylic acid groups (broad SMARTS) is 1. The third-order valence-corrected chi connectivity index (χ3v) is 1.09. The molecule has 0 atom stereocenters. The van der Waals surface area contributed by atoms with Gasteiger partial charge in [-0.25, -0.2) is 4.79 Å². The first-order valence-electron chi connectivity index (χ1n) is 2.95. The normalized spacial score (nSPS) is 8.36. The lowest BCUT2D eigenvalue weighted by atomic mass is 10.4. The van der Waals surface area contributed by atoms with E-state index in [2.05, 4.69) is 0 Å². The molecule has 11 heavy (non-hydrogen) atoms. The molecule has 0 aromatic rings. The summed E-state index contributed by atoms with van der Waals surface area (Å²) in [6.45, 7) is 0.154. The second-order valence-corrected chi connectivity index (χ2v) is 1.94. The molecule has 0 saturated heterocycles. The molecule has 0 bridgehead atoms. The third-order valence-electron chi connectivity index (χ3n) is 1.09. The molecule has 0 fully saturated rings. The van der Waals surface area contributed by atoms with Crippen LogP contribution in [0.3, 0.4) is 0 Å². The lowest BCUT2D eigenvalue weighted by Crippen LogP contribution is -2.33. The van der Waals surface area contributed by atoms with Gasteiger partial charge in [0, 0.05) is 13.6 Å². The zero-order valence-corrected chi connectivity index (χ0v) is 6.07. The van der Waals surface area contributed by atoms with E-state index >= 15 is 0 Å². The molecule has 60 valence electrons. The van der Waals surface area contributed by atoms with E-state index in [0.717, 1.165) is 4.90 Å². The minimum Gasteiger partial charge on any atom is -0.474 e. The van der Waals surface area contributed by atoms with Gasteiger partial charge < -0.3 is 10.0 Å². The summed E-state index contributed by atoms with van der Waals surface area (Å²) in [5.41, 5.74) is 0. The molecule has 0 rings (SSSR count). The van der Waals surface area contributed by atoms with Gasteiger partial charge in [0.15, 0.2) is 0 Å². The van der Waals surface area contributed by atoms with Gasteiger partial charge in [-0.15, -0.1) is 0 Å². The molecule has 0 saturated carbocycles. The second kappa shape index (κ2) is 4.28. The Morgan fingerprint density at radius 1 is 1.64 bits per heavy atom. The fourth-order valence-corrected chi connectivity index (χ4v) is 0.483.